The summed E-state index contributed by atoms with van der Waals surface area (Å²) >= 11 is 0. The average molecular weight is 297 g/mol. The standard InChI is InChI=1S/C14H19NO4S/c1-9-4-10(2)6-12(5-9)20(18,19)15-7-11(3)13(8-15)14(16)17/h4-6,11,13H,7-8H2,1-3H3,(H,16,17)/t11-,13-/m1/s1. The van der Waals surface area contributed by atoms with Gasteiger partial charge in [-0.25, -0.2) is 8.42 Å². The first-order valence-electron chi connectivity index (χ1n) is 6.53. The van der Waals surface area contributed by atoms with Crippen molar-refractivity contribution in [2.45, 2.75) is 25.7 Å². The predicted molar refractivity (Wildman–Crippen MR) is 75.0 cm³/mol. The Morgan fingerprint density at radius 2 is 1.75 bits per heavy atom. The van der Waals surface area contributed by atoms with Crippen molar-refractivity contribution in [1.29, 1.82) is 0 Å². The van der Waals surface area contributed by atoms with E-state index in [4.69, 9.17) is 5.11 Å². The van der Waals surface area contributed by atoms with Gasteiger partial charge in [-0.15, -0.1) is 0 Å². The maximum absolute atomic E-state index is 12.6. The number of carboxylic acids is 1. The van der Waals surface area contributed by atoms with Gasteiger partial charge in [-0.05, 0) is 43.0 Å². The van der Waals surface area contributed by atoms with Gasteiger partial charge in [-0.3, -0.25) is 4.79 Å². The number of aryl methyl sites for hydroxylation is 2. The molecular weight excluding hydrogens is 278 g/mol. The molecule has 1 aromatic rings. The first kappa shape index (κ1) is 15.0. The van der Waals surface area contributed by atoms with Crippen LogP contribution in [0.25, 0.3) is 0 Å². The molecule has 1 fully saturated rings. The minimum absolute atomic E-state index is 0.0474. The highest BCUT2D eigenvalue weighted by atomic mass is 32.2. The Bertz CT molecular complexity index is 618. The molecule has 1 saturated heterocycles. The van der Waals surface area contributed by atoms with Crippen molar-refractivity contribution >= 4 is 16.0 Å². The molecule has 0 saturated carbocycles. The Morgan fingerprint density at radius 3 is 2.20 bits per heavy atom. The summed E-state index contributed by atoms with van der Waals surface area (Å²) in [4.78, 5) is 11.4. The molecule has 20 heavy (non-hydrogen) atoms. The Balaban J connectivity index is 2.34. The van der Waals surface area contributed by atoms with Crippen molar-refractivity contribution in [3.05, 3.63) is 29.3 Å². The molecule has 0 amide bonds. The van der Waals surface area contributed by atoms with Gasteiger partial charge in [-0.1, -0.05) is 13.0 Å². The lowest BCUT2D eigenvalue weighted by molar-refractivity contribution is -0.142. The molecule has 0 aliphatic carbocycles. The van der Waals surface area contributed by atoms with Crippen molar-refractivity contribution in [3.8, 4) is 0 Å². The van der Waals surface area contributed by atoms with Gasteiger partial charge >= 0.3 is 5.97 Å². The van der Waals surface area contributed by atoms with Crippen LogP contribution < -0.4 is 0 Å². The van der Waals surface area contributed by atoms with Gasteiger partial charge in [0.1, 0.15) is 0 Å². The molecule has 0 unspecified atom stereocenters. The number of aliphatic carboxylic acids is 1. The summed E-state index contributed by atoms with van der Waals surface area (Å²) < 4.78 is 26.5. The number of carbonyl (C=O) groups is 1. The normalized spacial score (nSPS) is 23.9. The molecule has 6 heteroatoms. The number of rotatable bonds is 3. The monoisotopic (exact) mass is 297 g/mol. The predicted octanol–water partition coefficient (Wildman–Crippen LogP) is 1.64. The van der Waals surface area contributed by atoms with Crippen molar-refractivity contribution in [1.82, 2.24) is 4.31 Å². The van der Waals surface area contributed by atoms with E-state index in [1.807, 2.05) is 19.9 Å². The third-order valence-electron chi connectivity index (χ3n) is 3.73. The molecule has 1 aromatic carbocycles. The second kappa shape index (κ2) is 5.18. The van der Waals surface area contributed by atoms with E-state index in [0.29, 0.717) is 0 Å². The molecular formula is C14H19NO4S. The van der Waals surface area contributed by atoms with E-state index in [-0.39, 0.29) is 23.9 Å². The van der Waals surface area contributed by atoms with Crippen molar-refractivity contribution in [3.63, 3.8) is 0 Å². The Morgan fingerprint density at radius 1 is 1.20 bits per heavy atom. The smallest absolute Gasteiger partial charge is 0.308 e. The zero-order valence-electron chi connectivity index (χ0n) is 11.8. The van der Waals surface area contributed by atoms with E-state index in [1.54, 1.807) is 19.1 Å². The molecule has 2 rings (SSSR count). The quantitative estimate of drug-likeness (QED) is 0.920. The zero-order valence-corrected chi connectivity index (χ0v) is 12.6. The number of carboxylic acid groups (broad SMARTS) is 1. The van der Waals surface area contributed by atoms with E-state index in [9.17, 15) is 13.2 Å². The largest absolute Gasteiger partial charge is 0.481 e. The van der Waals surface area contributed by atoms with Crippen LogP contribution in [0.1, 0.15) is 18.1 Å². The minimum Gasteiger partial charge on any atom is -0.481 e. The average Bonchev–Trinajstić information content (AvgIpc) is 2.70. The van der Waals surface area contributed by atoms with Gasteiger partial charge in [0.2, 0.25) is 10.0 Å². The van der Waals surface area contributed by atoms with Crippen LogP contribution in [0.15, 0.2) is 23.1 Å². The second-order valence-corrected chi connectivity index (χ2v) is 7.51. The Kier molecular flexibility index (Phi) is 3.88. The molecule has 1 N–H and O–H groups in total. The van der Waals surface area contributed by atoms with E-state index < -0.39 is 21.9 Å². The lowest BCUT2D eigenvalue weighted by Gasteiger charge is -2.17. The summed E-state index contributed by atoms with van der Waals surface area (Å²) in [5.74, 6) is -1.74. The van der Waals surface area contributed by atoms with Crippen LogP contribution in [0.2, 0.25) is 0 Å². The zero-order chi connectivity index (χ0) is 15.1. The van der Waals surface area contributed by atoms with Crippen LogP contribution >= 0.6 is 0 Å². The summed E-state index contributed by atoms with van der Waals surface area (Å²) in [6, 6.07) is 5.16. The summed E-state index contributed by atoms with van der Waals surface area (Å²) in [6.45, 7) is 5.77. The number of hydrogen-bond acceptors (Lipinski definition) is 3. The molecule has 0 aromatic heterocycles. The van der Waals surface area contributed by atoms with Crippen LogP contribution in [0.3, 0.4) is 0 Å². The van der Waals surface area contributed by atoms with Crippen molar-refractivity contribution in [2.75, 3.05) is 13.1 Å². The van der Waals surface area contributed by atoms with E-state index in [0.717, 1.165) is 11.1 Å². The third-order valence-corrected chi connectivity index (χ3v) is 5.54. The summed E-state index contributed by atoms with van der Waals surface area (Å²) in [6.07, 6.45) is 0. The topological polar surface area (TPSA) is 74.7 Å². The summed E-state index contributed by atoms with van der Waals surface area (Å²) in [5, 5.41) is 9.10. The van der Waals surface area contributed by atoms with Gasteiger partial charge in [0.05, 0.1) is 10.8 Å². The number of hydrogen-bond donors (Lipinski definition) is 1. The molecule has 0 bridgehead atoms. The third kappa shape index (κ3) is 2.71. The molecule has 0 radical (unpaired) electrons. The molecule has 1 aliphatic rings. The molecule has 1 heterocycles. The van der Waals surface area contributed by atoms with Gasteiger partial charge < -0.3 is 5.11 Å². The summed E-state index contributed by atoms with van der Waals surface area (Å²) in [7, 11) is -3.61. The van der Waals surface area contributed by atoms with Crippen LogP contribution in [0.5, 0.6) is 0 Å². The van der Waals surface area contributed by atoms with Gasteiger partial charge in [0, 0.05) is 13.1 Å². The fourth-order valence-electron chi connectivity index (χ4n) is 2.67. The first-order chi connectivity index (χ1) is 9.21. The fraction of sp³-hybridized carbons (Fsp3) is 0.500. The first-order valence-corrected chi connectivity index (χ1v) is 7.97. The van der Waals surface area contributed by atoms with Gasteiger partial charge in [0.15, 0.2) is 0 Å². The lowest BCUT2D eigenvalue weighted by Crippen LogP contribution is -2.30. The molecule has 110 valence electrons. The van der Waals surface area contributed by atoms with Crippen LogP contribution in [-0.2, 0) is 14.8 Å². The Labute approximate surface area is 119 Å². The lowest BCUT2D eigenvalue weighted by atomic mass is 9.99. The van der Waals surface area contributed by atoms with E-state index in [1.165, 1.54) is 4.31 Å². The molecule has 0 spiro atoms. The molecule has 1 aliphatic heterocycles. The minimum atomic E-state index is -3.61. The van der Waals surface area contributed by atoms with Crippen molar-refractivity contribution < 1.29 is 18.3 Å². The Hall–Kier alpha value is -1.40. The van der Waals surface area contributed by atoms with E-state index in [2.05, 4.69) is 0 Å². The molecule has 5 nitrogen and oxygen atoms in total. The second-order valence-electron chi connectivity index (χ2n) is 5.57. The molecule has 2 atom stereocenters. The highest BCUT2D eigenvalue weighted by molar-refractivity contribution is 7.89. The van der Waals surface area contributed by atoms with Crippen LogP contribution in [0, 0.1) is 25.7 Å². The van der Waals surface area contributed by atoms with Crippen LogP contribution in [-0.4, -0.2) is 36.9 Å². The van der Waals surface area contributed by atoms with Crippen molar-refractivity contribution in [2.24, 2.45) is 11.8 Å². The SMILES string of the molecule is Cc1cc(C)cc(S(=O)(=O)N2C[C@@H](C)[C@H](C(=O)O)C2)c1. The number of benzene rings is 1. The number of sulfonamides is 1. The van der Waals surface area contributed by atoms with Crippen LogP contribution in [0.4, 0.5) is 0 Å². The summed E-state index contributed by atoms with van der Waals surface area (Å²) in [5.41, 5.74) is 1.76. The highest BCUT2D eigenvalue weighted by Crippen LogP contribution is 2.29. The van der Waals surface area contributed by atoms with Gasteiger partial charge in [-0.2, -0.15) is 4.31 Å². The highest BCUT2D eigenvalue weighted by Gasteiger charge is 2.40. The van der Waals surface area contributed by atoms with Gasteiger partial charge in [0.25, 0.3) is 0 Å². The van der Waals surface area contributed by atoms with E-state index >= 15 is 0 Å². The number of nitrogens with zero attached hydrogens (tertiary/aromatic N) is 1. The maximum atomic E-state index is 12.6. The fourth-order valence-corrected chi connectivity index (χ4v) is 4.43. The maximum Gasteiger partial charge on any atom is 0.308 e.